The third kappa shape index (κ3) is 8.63. The molecule has 1 saturated carbocycles. The van der Waals surface area contributed by atoms with Crippen molar-refractivity contribution in [3.63, 3.8) is 0 Å². The van der Waals surface area contributed by atoms with Crippen molar-refractivity contribution in [1.29, 1.82) is 0 Å². The average Bonchev–Trinajstić information content (AvgIpc) is 2.95. The van der Waals surface area contributed by atoms with Gasteiger partial charge in [0, 0.05) is 24.0 Å². The summed E-state index contributed by atoms with van der Waals surface area (Å²) >= 11 is 18.8. The lowest BCUT2D eigenvalue weighted by Crippen LogP contribution is -2.55. The fourth-order valence-corrected chi connectivity index (χ4v) is 6.73. The van der Waals surface area contributed by atoms with E-state index >= 15 is 0 Å². The average molecular weight is 651 g/mol. The quantitative estimate of drug-likeness (QED) is 0.257. The number of hydrogen-bond donors (Lipinski definition) is 1. The summed E-state index contributed by atoms with van der Waals surface area (Å²) in [6, 6.07) is 20.1. The van der Waals surface area contributed by atoms with Gasteiger partial charge in [0.1, 0.15) is 12.6 Å². The first-order valence-corrected chi connectivity index (χ1v) is 16.8. The van der Waals surface area contributed by atoms with Crippen LogP contribution in [0.25, 0.3) is 0 Å². The van der Waals surface area contributed by atoms with E-state index in [2.05, 4.69) is 5.32 Å². The molecule has 1 aliphatic carbocycles. The Hall–Kier alpha value is -2.78. The lowest BCUT2D eigenvalue weighted by atomic mass is 9.94. The maximum atomic E-state index is 14.2. The van der Waals surface area contributed by atoms with E-state index < -0.39 is 28.5 Å². The van der Waals surface area contributed by atoms with Crippen molar-refractivity contribution < 1.29 is 18.0 Å². The highest BCUT2D eigenvalue weighted by Crippen LogP contribution is 2.34. The maximum absolute atomic E-state index is 14.2. The molecule has 0 unspecified atom stereocenters. The minimum absolute atomic E-state index is 0.00894. The van der Waals surface area contributed by atoms with E-state index in [0.29, 0.717) is 10.6 Å². The summed E-state index contributed by atoms with van der Waals surface area (Å²) in [4.78, 5) is 29.6. The summed E-state index contributed by atoms with van der Waals surface area (Å²) in [5.74, 6) is -0.857. The van der Waals surface area contributed by atoms with Crippen LogP contribution in [0.1, 0.15) is 43.2 Å². The number of halogens is 3. The minimum atomic E-state index is -3.97. The van der Waals surface area contributed by atoms with Crippen LogP contribution in [0.2, 0.25) is 15.1 Å². The van der Waals surface area contributed by atoms with Gasteiger partial charge in [0.15, 0.2) is 0 Å². The molecular weight excluding hydrogens is 617 g/mol. The predicted molar refractivity (Wildman–Crippen MR) is 170 cm³/mol. The fraction of sp³-hybridized carbons (Fsp3) is 0.355. The van der Waals surface area contributed by atoms with E-state index in [1.807, 2.05) is 36.4 Å². The van der Waals surface area contributed by atoms with Gasteiger partial charge in [-0.15, -0.1) is 0 Å². The SMILES string of the molecule is CS(=O)(=O)N(CC(=O)N(Cc1cccc(Cl)c1)[C@@H](Cc1ccccc1)C(=O)NC1CCCCC1)c1cccc(Cl)c1Cl. The van der Waals surface area contributed by atoms with Gasteiger partial charge in [0.05, 0.1) is 22.0 Å². The van der Waals surface area contributed by atoms with Gasteiger partial charge in [-0.1, -0.05) is 103 Å². The zero-order valence-corrected chi connectivity index (χ0v) is 26.4. The second kappa shape index (κ2) is 14.6. The van der Waals surface area contributed by atoms with Crippen LogP contribution in [0, 0.1) is 0 Å². The van der Waals surface area contributed by atoms with Crippen molar-refractivity contribution in [2.24, 2.45) is 0 Å². The van der Waals surface area contributed by atoms with Crippen molar-refractivity contribution in [3.05, 3.63) is 99.0 Å². The molecule has 224 valence electrons. The van der Waals surface area contributed by atoms with E-state index in [1.54, 1.807) is 24.3 Å². The summed E-state index contributed by atoms with van der Waals surface area (Å²) in [6.45, 7) is -0.544. The highest BCUT2D eigenvalue weighted by atomic mass is 35.5. The maximum Gasteiger partial charge on any atom is 0.244 e. The molecular formula is C31H34Cl3N3O4S. The molecule has 1 atom stereocenters. The first-order chi connectivity index (χ1) is 20.0. The van der Waals surface area contributed by atoms with Crippen LogP contribution in [0.4, 0.5) is 5.69 Å². The number of nitrogens with zero attached hydrogens (tertiary/aromatic N) is 2. The smallest absolute Gasteiger partial charge is 0.244 e. The van der Waals surface area contributed by atoms with E-state index in [9.17, 15) is 18.0 Å². The van der Waals surface area contributed by atoms with Gasteiger partial charge in [-0.3, -0.25) is 13.9 Å². The molecule has 0 radical (unpaired) electrons. The Morgan fingerprint density at radius 3 is 2.24 bits per heavy atom. The number of sulfonamides is 1. The molecule has 11 heteroatoms. The summed E-state index contributed by atoms with van der Waals surface area (Å²) in [6.07, 6.45) is 6.18. The highest BCUT2D eigenvalue weighted by molar-refractivity contribution is 7.92. The number of carbonyl (C=O) groups excluding carboxylic acids is 2. The van der Waals surface area contributed by atoms with Gasteiger partial charge in [0.25, 0.3) is 0 Å². The Kier molecular flexibility index (Phi) is 11.2. The first kappa shape index (κ1) is 32.1. The molecule has 4 rings (SSSR count). The fourth-order valence-electron chi connectivity index (χ4n) is 5.21. The Bertz CT molecular complexity index is 1500. The first-order valence-electron chi connectivity index (χ1n) is 13.8. The normalized spacial score (nSPS) is 14.7. The van der Waals surface area contributed by atoms with E-state index in [1.165, 1.54) is 17.0 Å². The molecule has 42 heavy (non-hydrogen) atoms. The van der Waals surface area contributed by atoms with Crippen molar-refractivity contribution in [1.82, 2.24) is 10.2 Å². The molecule has 0 saturated heterocycles. The van der Waals surface area contributed by atoms with E-state index in [4.69, 9.17) is 34.8 Å². The number of carbonyl (C=O) groups is 2. The van der Waals surface area contributed by atoms with Crippen molar-refractivity contribution in [2.45, 2.75) is 57.2 Å². The third-order valence-corrected chi connectivity index (χ3v) is 9.51. The summed E-state index contributed by atoms with van der Waals surface area (Å²) in [5, 5.41) is 3.82. The molecule has 1 fully saturated rings. The largest absolute Gasteiger partial charge is 0.352 e. The molecule has 0 aliphatic heterocycles. The lowest BCUT2D eigenvalue weighted by molar-refractivity contribution is -0.140. The van der Waals surface area contributed by atoms with Crippen LogP contribution in [-0.4, -0.2) is 50.0 Å². The molecule has 0 heterocycles. The van der Waals surface area contributed by atoms with Gasteiger partial charge in [0.2, 0.25) is 21.8 Å². The van der Waals surface area contributed by atoms with Crippen LogP contribution < -0.4 is 9.62 Å². The highest BCUT2D eigenvalue weighted by Gasteiger charge is 2.34. The predicted octanol–water partition coefficient (Wildman–Crippen LogP) is 6.50. The Morgan fingerprint density at radius 1 is 0.905 bits per heavy atom. The summed E-state index contributed by atoms with van der Waals surface area (Å²) in [5.41, 5.74) is 1.64. The minimum Gasteiger partial charge on any atom is -0.352 e. The number of rotatable bonds is 11. The Balaban J connectivity index is 1.74. The monoisotopic (exact) mass is 649 g/mol. The van der Waals surface area contributed by atoms with Crippen LogP contribution in [-0.2, 0) is 32.6 Å². The summed E-state index contributed by atoms with van der Waals surface area (Å²) in [7, 11) is -3.97. The Morgan fingerprint density at radius 2 is 1.57 bits per heavy atom. The Labute approximate surface area is 262 Å². The lowest BCUT2D eigenvalue weighted by Gasteiger charge is -2.35. The van der Waals surface area contributed by atoms with E-state index in [-0.39, 0.29) is 40.6 Å². The molecule has 1 aliphatic rings. The zero-order chi connectivity index (χ0) is 30.3. The number of anilines is 1. The number of amides is 2. The molecule has 0 aromatic heterocycles. The molecule has 7 nitrogen and oxygen atoms in total. The van der Waals surface area contributed by atoms with Crippen LogP contribution >= 0.6 is 34.8 Å². The second-order valence-electron chi connectivity index (χ2n) is 10.5. The molecule has 0 bridgehead atoms. The number of hydrogen-bond acceptors (Lipinski definition) is 4. The van der Waals surface area contributed by atoms with Crippen LogP contribution in [0.5, 0.6) is 0 Å². The molecule has 2 amide bonds. The van der Waals surface area contributed by atoms with Crippen molar-refractivity contribution in [3.8, 4) is 0 Å². The van der Waals surface area contributed by atoms with Gasteiger partial charge < -0.3 is 10.2 Å². The summed E-state index contributed by atoms with van der Waals surface area (Å²) < 4.78 is 26.9. The van der Waals surface area contributed by atoms with Gasteiger partial charge in [-0.05, 0) is 48.2 Å². The molecule has 3 aromatic rings. The molecule has 1 N–H and O–H groups in total. The van der Waals surface area contributed by atoms with Crippen LogP contribution in [0.3, 0.4) is 0 Å². The third-order valence-electron chi connectivity index (χ3n) is 7.34. The van der Waals surface area contributed by atoms with Crippen LogP contribution in [0.15, 0.2) is 72.8 Å². The molecule has 0 spiro atoms. The van der Waals surface area contributed by atoms with Gasteiger partial charge >= 0.3 is 0 Å². The standard InChI is InChI=1S/C31H34Cl3N3O4S/c1-42(40,41)37(27-17-9-16-26(33)30(27)34)21-29(38)36(20-23-12-8-13-24(32)18-23)28(19-22-10-4-2-5-11-22)31(39)35-25-14-6-3-7-15-25/h2,4-5,8-13,16-18,25,28H,3,6-7,14-15,19-21H2,1H3,(H,35,39)/t28-/m0/s1. The number of benzene rings is 3. The van der Waals surface area contributed by atoms with Gasteiger partial charge in [-0.25, -0.2) is 8.42 Å². The second-order valence-corrected chi connectivity index (χ2v) is 13.7. The zero-order valence-electron chi connectivity index (χ0n) is 23.3. The van der Waals surface area contributed by atoms with E-state index in [0.717, 1.165) is 48.2 Å². The van der Waals surface area contributed by atoms with Crippen molar-refractivity contribution in [2.75, 3.05) is 17.1 Å². The van der Waals surface area contributed by atoms with Crippen molar-refractivity contribution >= 4 is 62.3 Å². The number of nitrogens with one attached hydrogen (secondary N) is 1. The topological polar surface area (TPSA) is 86.8 Å². The molecule has 3 aromatic carbocycles. The van der Waals surface area contributed by atoms with Gasteiger partial charge in [-0.2, -0.15) is 0 Å².